The molecule has 3 aromatic carbocycles. The molecule has 0 aliphatic heterocycles. The van der Waals surface area contributed by atoms with Crippen molar-refractivity contribution in [2.75, 3.05) is 31.7 Å². The Kier molecular flexibility index (Phi) is 7.61. The summed E-state index contributed by atoms with van der Waals surface area (Å²) in [6.07, 6.45) is 0.357. The van der Waals surface area contributed by atoms with Crippen LogP contribution in [0, 0.1) is 0 Å². The molecule has 0 atom stereocenters. The monoisotopic (exact) mass is 440 g/mol. The van der Waals surface area contributed by atoms with E-state index >= 15 is 0 Å². The van der Waals surface area contributed by atoms with Gasteiger partial charge in [-0.05, 0) is 17.7 Å². The number of hydrogen-bond donors (Lipinski definition) is 1. The maximum Gasteiger partial charge on any atom is 0.222 e. The van der Waals surface area contributed by atoms with E-state index in [1.54, 1.807) is 7.11 Å². The first-order chi connectivity index (χ1) is 16.2. The summed E-state index contributed by atoms with van der Waals surface area (Å²) in [4.78, 5) is 24.4. The van der Waals surface area contributed by atoms with E-state index in [2.05, 4.69) is 10.2 Å². The van der Waals surface area contributed by atoms with Crippen LogP contribution in [-0.4, -0.2) is 42.7 Å². The molecule has 4 rings (SSSR count). The van der Waals surface area contributed by atoms with Gasteiger partial charge in [0, 0.05) is 44.1 Å². The van der Waals surface area contributed by atoms with E-state index in [1.165, 1.54) is 0 Å². The third-order valence-electron chi connectivity index (χ3n) is 5.42. The zero-order valence-electron chi connectivity index (χ0n) is 18.8. The maximum atomic E-state index is 12.6. The van der Waals surface area contributed by atoms with Gasteiger partial charge >= 0.3 is 0 Å². The molecule has 0 radical (unpaired) electrons. The van der Waals surface area contributed by atoms with Crippen molar-refractivity contribution < 1.29 is 9.53 Å². The molecule has 0 saturated carbocycles. The van der Waals surface area contributed by atoms with Crippen molar-refractivity contribution in [1.82, 2.24) is 15.3 Å². The predicted molar refractivity (Wildman–Crippen MR) is 132 cm³/mol. The molecule has 0 unspecified atom stereocenters. The van der Waals surface area contributed by atoms with Crippen molar-refractivity contribution in [3.8, 4) is 11.4 Å². The Hall–Kier alpha value is -3.77. The van der Waals surface area contributed by atoms with Crippen LogP contribution in [-0.2, 0) is 16.1 Å². The number of carbonyl (C=O) groups excluding carboxylic acids is 1. The summed E-state index contributed by atoms with van der Waals surface area (Å²) < 4.78 is 5.35. The highest BCUT2D eigenvalue weighted by molar-refractivity contribution is 5.91. The van der Waals surface area contributed by atoms with Crippen LogP contribution in [0.3, 0.4) is 0 Å². The van der Waals surface area contributed by atoms with Gasteiger partial charge in [-0.3, -0.25) is 4.79 Å². The summed E-state index contributed by atoms with van der Waals surface area (Å²) in [5, 5.41) is 3.96. The molecular formula is C27H28N4O2. The number of fused-ring (bicyclic) bond motifs is 1. The van der Waals surface area contributed by atoms with Crippen LogP contribution in [0.1, 0.15) is 12.0 Å². The van der Waals surface area contributed by atoms with Gasteiger partial charge in [-0.25, -0.2) is 9.97 Å². The minimum absolute atomic E-state index is 0.00270. The lowest BCUT2D eigenvalue weighted by atomic mass is 10.1. The average molecular weight is 441 g/mol. The van der Waals surface area contributed by atoms with Crippen molar-refractivity contribution >= 4 is 22.6 Å². The Morgan fingerprint density at radius 1 is 0.879 bits per heavy atom. The zero-order valence-corrected chi connectivity index (χ0v) is 18.8. The largest absolute Gasteiger partial charge is 0.383 e. The molecule has 168 valence electrons. The van der Waals surface area contributed by atoms with Crippen LogP contribution in [0.25, 0.3) is 22.3 Å². The molecule has 1 heterocycles. The fourth-order valence-corrected chi connectivity index (χ4v) is 3.66. The van der Waals surface area contributed by atoms with Gasteiger partial charge in [-0.15, -0.1) is 0 Å². The van der Waals surface area contributed by atoms with Gasteiger partial charge in [-0.2, -0.15) is 0 Å². The molecule has 0 aliphatic rings. The molecular weight excluding hydrogens is 412 g/mol. The van der Waals surface area contributed by atoms with Gasteiger partial charge in [0.15, 0.2) is 5.82 Å². The van der Waals surface area contributed by atoms with E-state index < -0.39 is 0 Å². The lowest BCUT2D eigenvalue weighted by Crippen LogP contribution is -2.33. The summed E-state index contributed by atoms with van der Waals surface area (Å²) in [5.41, 5.74) is 2.91. The fraction of sp³-hybridized carbons (Fsp3) is 0.222. The van der Waals surface area contributed by atoms with Crippen molar-refractivity contribution in [2.24, 2.45) is 0 Å². The smallest absolute Gasteiger partial charge is 0.222 e. The molecule has 4 aromatic rings. The SMILES string of the molecule is COCCN(CCC(=O)NCc1ccccc1)c1nc(-c2ccccc2)nc2ccccc12. The first-order valence-electron chi connectivity index (χ1n) is 11.1. The zero-order chi connectivity index (χ0) is 22.9. The Labute approximate surface area is 194 Å². The third kappa shape index (κ3) is 5.93. The Morgan fingerprint density at radius 3 is 2.33 bits per heavy atom. The average Bonchev–Trinajstić information content (AvgIpc) is 2.88. The number of hydrogen-bond acceptors (Lipinski definition) is 5. The number of benzene rings is 3. The minimum atomic E-state index is 0.00270. The summed E-state index contributed by atoms with van der Waals surface area (Å²) >= 11 is 0. The Balaban J connectivity index is 1.57. The predicted octanol–water partition coefficient (Wildman–Crippen LogP) is 4.46. The second kappa shape index (κ2) is 11.2. The number of ether oxygens (including phenoxy) is 1. The van der Waals surface area contributed by atoms with E-state index in [0.717, 1.165) is 27.8 Å². The van der Waals surface area contributed by atoms with Crippen molar-refractivity contribution in [3.05, 3.63) is 90.5 Å². The first-order valence-corrected chi connectivity index (χ1v) is 11.1. The van der Waals surface area contributed by atoms with Crippen LogP contribution in [0.5, 0.6) is 0 Å². The number of nitrogens with zero attached hydrogens (tertiary/aromatic N) is 3. The van der Waals surface area contributed by atoms with E-state index in [9.17, 15) is 4.79 Å². The number of rotatable bonds is 10. The second-order valence-electron chi connectivity index (χ2n) is 7.75. The fourth-order valence-electron chi connectivity index (χ4n) is 3.66. The van der Waals surface area contributed by atoms with Crippen LogP contribution >= 0.6 is 0 Å². The van der Waals surface area contributed by atoms with Gasteiger partial charge in [0.25, 0.3) is 0 Å². The molecule has 1 amide bonds. The van der Waals surface area contributed by atoms with Crippen LogP contribution in [0.15, 0.2) is 84.9 Å². The highest BCUT2D eigenvalue weighted by Crippen LogP contribution is 2.27. The van der Waals surface area contributed by atoms with Crippen molar-refractivity contribution in [3.63, 3.8) is 0 Å². The maximum absolute atomic E-state index is 12.6. The lowest BCUT2D eigenvalue weighted by molar-refractivity contribution is -0.121. The molecule has 1 N–H and O–H groups in total. The molecule has 0 aliphatic carbocycles. The van der Waals surface area contributed by atoms with E-state index in [0.29, 0.717) is 38.5 Å². The number of aromatic nitrogens is 2. The summed E-state index contributed by atoms with van der Waals surface area (Å²) in [5.74, 6) is 1.48. The molecule has 6 heteroatoms. The molecule has 0 saturated heterocycles. The van der Waals surface area contributed by atoms with Gasteiger partial charge in [0.05, 0.1) is 12.1 Å². The van der Waals surface area contributed by atoms with Gasteiger partial charge < -0.3 is 15.0 Å². The molecule has 0 bridgehead atoms. The number of para-hydroxylation sites is 1. The summed E-state index contributed by atoms with van der Waals surface area (Å²) in [6.45, 7) is 2.20. The number of nitrogens with one attached hydrogen (secondary N) is 1. The van der Waals surface area contributed by atoms with Crippen LogP contribution in [0.2, 0.25) is 0 Å². The normalized spacial score (nSPS) is 10.8. The number of amides is 1. The van der Waals surface area contributed by atoms with E-state index in [4.69, 9.17) is 14.7 Å². The Morgan fingerprint density at radius 2 is 1.58 bits per heavy atom. The Bertz CT molecular complexity index is 1180. The molecule has 0 spiro atoms. The van der Waals surface area contributed by atoms with Crippen molar-refractivity contribution in [1.29, 1.82) is 0 Å². The van der Waals surface area contributed by atoms with Gasteiger partial charge in [0.2, 0.25) is 5.91 Å². The number of methoxy groups -OCH3 is 1. The quantitative estimate of drug-likeness (QED) is 0.394. The molecule has 1 aromatic heterocycles. The van der Waals surface area contributed by atoms with Gasteiger partial charge in [0.1, 0.15) is 5.82 Å². The standard InChI is InChI=1S/C27H28N4O2/c1-33-19-18-31(17-16-25(32)28-20-21-10-4-2-5-11-21)27-23-14-8-9-15-24(23)29-26(30-27)22-12-6-3-7-13-22/h2-15H,16-20H2,1H3,(H,28,32). The topological polar surface area (TPSA) is 67.3 Å². The van der Waals surface area contributed by atoms with E-state index in [-0.39, 0.29) is 5.91 Å². The minimum Gasteiger partial charge on any atom is -0.383 e. The van der Waals surface area contributed by atoms with E-state index in [1.807, 2.05) is 84.9 Å². The summed E-state index contributed by atoms with van der Waals surface area (Å²) in [6, 6.07) is 27.8. The summed E-state index contributed by atoms with van der Waals surface area (Å²) in [7, 11) is 1.68. The highest BCUT2D eigenvalue weighted by atomic mass is 16.5. The molecule has 33 heavy (non-hydrogen) atoms. The number of carbonyl (C=O) groups is 1. The molecule has 6 nitrogen and oxygen atoms in total. The van der Waals surface area contributed by atoms with Crippen LogP contribution in [0.4, 0.5) is 5.82 Å². The molecule has 0 fully saturated rings. The van der Waals surface area contributed by atoms with Crippen LogP contribution < -0.4 is 10.2 Å². The highest BCUT2D eigenvalue weighted by Gasteiger charge is 2.16. The van der Waals surface area contributed by atoms with Crippen molar-refractivity contribution in [2.45, 2.75) is 13.0 Å². The second-order valence-corrected chi connectivity index (χ2v) is 7.75. The van der Waals surface area contributed by atoms with Gasteiger partial charge in [-0.1, -0.05) is 72.8 Å². The lowest BCUT2D eigenvalue weighted by Gasteiger charge is -2.25. The number of anilines is 1. The third-order valence-corrected chi connectivity index (χ3v) is 5.42. The first kappa shape index (κ1) is 22.4.